The van der Waals surface area contributed by atoms with Crippen molar-refractivity contribution in [2.24, 2.45) is 11.7 Å². The minimum absolute atomic E-state index is 0.238. The Hall–Kier alpha value is -1.71. The van der Waals surface area contributed by atoms with Crippen LogP contribution in [-0.4, -0.2) is 19.0 Å². The molecule has 4 N–H and O–H groups in total. The van der Waals surface area contributed by atoms with Gasteiger partial charge in [0.1, 0.15) is 0 Å². The lowest BCUT2D eigenvalue weighted by Crippen LogP contribution is -2.36. The minimum atomic E-state index is -0.322. The Balaban J connectivity index is 2.82. The van der Waals surface area contributed by atoms with Crippen LogP contribution < -0.4 is 16.4 Å². The molecule has 0 aliphatic heterocycles. The van der Waals surface area contributed by atoms with Crippen LogP contribution in [0.4, 0.5) is 11.4 Å². The molecule has 1 rings (SSSR count). The summed E-state index contributed by atoms with van der Waals surface area (Å²) < 4.78 is 0. The van der Waals surface area contributed by atoms with Crippen LogP contribution in [0.5, 0.6) is 0 Å². The molecule has 0 heterocycles. The number of rotatable bonds is 5. The first-order valence-corrected chi connectivity index (χ1v) is 5.38. The second-order valence-corrected chi connectivity index (χ2v) is 4.33. The number of primary amides is 1. The van der Waals surface area contributed by atoms with Crippen molar-refractivity contribution < 1.29 is 4.79 Å². The summed E-state index contributed by atoms with van der Waals surface area (Å²) in [6, 6.07) is 7.45. The molecule has 4 nitrogen and oxygen atoms in total. The van der Waals surface area contributed by atoms with E-state index < -0.39 is 0 Å². The second-order valence-electron chi connectivity index (χ2n) is 4.33. The van der Waals surface area contributed by atoms with Gasteiger partial charge in [-0.15, -0.1) is 0 Å². The van der Waals surface area contributed by atoms with Gasteiger partial charge in [-0.05, 0) is 30.2 Å². The van der Waals surface area contributed by atoms with Gasteiger partial charge in [0.2, 0.25) is 5.91 Å². The van der Waals surface area contributed by atoms with Crippen LogP contribution in [0.25, 0.3) is 0 Å². The number of nitrogens with zero attached hydrogens (tertiary/aromatic N) is 1. The molecule has 0 spiro atoms. The molecule has 0 saturated heterocycles. The largest absolute Gasteiger partial charge is 0.399 e. The first kappa shape index (κ1) is 12.4. The predicted octanol–water partition coefficient (Wildman–Crippen LogP) is 1.22. The maximum Gasteiger partial charge on any atom is 0.236 e. The summed E-state index contributed by atoms with van der Waals surface area (Å²) in [7, 11) is 0. The number of benzene rings is 1. The van der Waals surface area contributed by atoms with Crippen LogP contribution in [0.2, 0.25) is 0 Å². The van der Waals surface area contributed by atoms with E-state index in [1.165, 1.54) is 0 Å². The Labute approximate surface area is 96.2 Å². The molecule has 1 aromatic rings. The molecule has 4 heteroatoms. The lowest BCUT2D eigenvalue weighted by Gasteiger charge is -2.25. The van der Waals surface area contributed by atoms with Crippen molar-refractivity contribution in [2.45, 2.75) is 13.8 Å². The van der Waals surface area contributed by atoms with Crippen LogP contribution in [0.15, 0.2) is 24.3 Å². The maximum atomic E-state index is 11.0. The van der Waals surface area contributed by atoms with E-state index in [4.69, 9.17) is 11.5 Å². The fraction of sp³-hybridized carbons (Fsp3) is 0.417. The summed E-state index contributed by atoms with van der Waals surface area (Å²) in [6.07, 6.45) is 0. The third kappa shape index (κ3) is 3.81. The summed E-state index contributed by atoms with van der Waals surface area (Å²) in [6.45, 7) is 5.24. The van der Waals surface area contributed by atoms with E-state index >= 15 is 0 Å². The Morgan fingerprint density at radius 3 is 2.31 bits per heavy atom. The number of hydrogen-bond donors (Lipinski definition) is 2. The number of nitrogen functional groups attached to an aromatic ring is 1. The van der Waals surface area contributed by atoms with Gasteiger partial charge < -0.3 is 16.4 Å². The number of nitrogens with two attached hydrogens (primary N) is 2. The molecule has 16 heavy (non-hydrogen) atoms. The molecule has 0 unspecified atom stereocenters. The zero-order valence-electron chi connectivity index (χ0n) is 9.81. The first-order chi connectivity index (χ1) is 7.49. The Morgan fingerprint density at radius 1 is 1.31 bits per heavy atom. The van der Waals surface area contributed by atoms with Gasteiger partial charge in [0, 0.05) is 17.9 Å². The molecule has 1 aromatic carbocycles. The zero-order chi connectivity index (χ0) is 12.1. The van der Waals surface area contributed by atoms with E-state index in [2.05, 4.69) is 13.8 Å². The van der Waals surface area contributed by atoms with Crippen molar-refractivity contribution in [3.8, 4) is 0 Å². The van der Waals surface area contributed by atoms with Gasteiger partial charge in [-0.25, -0.2) is 0 Å². The summed E-state index contributed by atoms with van der Waals surface area (Å²) in [5.41, 5.74) is 12.5. The second kappa shape index (κ2) is 5.39. The normalized spacial score (nSPS) is 10.4. The summed E-state index contributed by atoms with van der Waals surface area (Å²) in [4.78, 5) is 13.0. The number of carbonyl (C=O) groups is 1. The van der Waals surface area contributed by atoms with Crippen molar-refractivity contribution in [1.29, 1.82) is 0 Å². The average molecular weight is 221 g/mol. The molecule has 0 radical (unpaired) electrons. The van der Waals surface area contributed by atoms with Gasteiger partial charge in [-0.3, -0.25) is 4.79 Å². The highest BCUT2D eigenvalue weighted by Gasteiger charge is 2.10. The molecule has 0 aliphatic rings. The SMILES string of the molecule is CC(C)CN(CC(N)=O)c1ccc(N)cc1. The van der Waals surface area contributed by atoms with Crippen molar-refractivity contribution >= 4 is 17.3 Å². The fourth-order valence-electron chi connectivity index (χ4n) is 1.58. The molecular weight excluding hydrogens is 202 g/mol. The van der Waals surface area contributed by atoms with Crippen molar-refractivity contribution in [3.63, 3.8) is 0 Å². The van der Waals surface area contributed by atoms with Crippen LogP contribution in [0.3, 0.4) is 0 Å². The molecular formula is C12H19N3O. The number of anilines is 2. The minimum Gasteiger partial charge on any atom is -0.399 e. The van der Waals surface area contributed by atoms with E-state index in [-0.39, 0.29) is 12.5 Å². The fourth-order valence-corrected chi connectivity index (χ4v) is 1.58. The van der Waals surface area contributed by atoms with Gasteiger partial charge in [0.15, 0.2) is 0 Å². The summed E-state index contributed by atoms with van der Waals surface area (Å²) >= 11 is 0. The van der Waals surface area contributed by atoms with Gasteiger partial charge in [0.25, 0.3) is 0 Å². The van der Waals surface area contributed by atoms with Crippen molar-refractivity contribution in [1.82, 2.24) is 0 Å². The van der Waals surface area contributed by atoms with Gasteiger partial charge in [-0.1, -0.05) is 13.8 Å². The van der Waals surface area contributed by atoms with E-state index in [1.807, 2.05) is 29.2 Å². The Kier molecular flexibility index (Phi) is 4.17. The highest BCUT2D eigenvalue weighted by atomic mass is 16.1. The van der Waals surface area contributed by atoms with Crippen molar-refractivity contribution in [3.05, 3.63) is 24.3 Å². The van der Waals surface area contributed by atoms with Gasteiger partial charge >= 0.3 is 0 Å². The lowest BCUT2D eigenvalue weighted by atomic mass is 10.2. The number of carbonyl (C=O) groups excluding carboxylic acids is 1. The molecule has 0 aromatic heterocycles. The van der Waals surface area contributed by atoms with E-state index in [0.29, 0.717) is 11.6 Å². The number of hydrogen-bond acceptors (Lipinski definition) is 3. The molecule has 0 atom stereocenters. The van der Waals surface area contributed by atoms with Crippen LogP contribution in [0.1, 0.15) is 13.8 Å². The molecule has 0 saturated carbocycles. The lowest BCUT2D eigenvalue weighted by molar-refractivity contribution is -0.116. The van der Waals surface area contributed by atoms with Crippen LogP contribution in [-0.2, 0) is 4.79 Å². The molecule has 0 bridgehead atoms. The average Bonchev–Trinajstić information content (AvgIpc) is 2.16. The molecule has 0 fully saturated rings. The quantitative estimate of drug-likeness (QED) is 0.734. The molecule has 88 valence electrons. The highest BCUT2D eigenvalue weighted by Crippen LogP contribution is 2.17. The standard InChI is InChI=1S/C12H19N3O/c1-9(2)7-15(8-12(14)16)11-5-3-10(13)4-6-11/h3-6,9H,7-8,13H2,1-2H3,(H2,14,16). The monoisotopic (exact) mass is 221 g/mol. The maximum absolute atomic E-state index is 11.0. The predicted molar refractivity (Wildman–Crippen MR) is 67.1 cm³/mol. The zero-order valence-corrected chi connectivity index (χ0v) is 9.81. The third-order valence-corrected chi connectivity index (χ3v) is 2.19. The molecule has 1 amide bonds. The summed E-state index contributed by atoms with van der Waals surface area (Å²) in [5.74, 6) is 0.148. The van der Waals surface area contributed by atoms with E-state index in [9.17, 15) is 4.79 Å². The topological polar surface area (TPSA) is 72.3 Å². The smallest absolute Gasteiger partial charge is 0.236 e. The first-order valence-electron chi connectivity index (χ1n) is 5.38. The van der Waals surface area contributed by atoms with E-state index in [0.717, 1.165) is 12.2 Å². The molecule has 0 aliphatic carbocycles. The van der Waals surface area contributed by atoms with Crippen molar-refractivity contribution in [2.75, 3.05) is 23.7 Å². The number of amides is 1. The van der Waals surface area contributed by atoms with Crippen LogP contribution in [0, 0.1) is 5.92 Å². The van der Waals surface area contributed by atoms with E-state index in [1.54, 1.807) is 0 Å². The van der Waals surface area contributed by atoms with Gasteiger partial charge in [-0.2, -0.15) is 0 Å². The van der Waals surface area contributed by atoms with Crippen LogP contribution >= 0.6 is 0 Å². The highest BCUT2D eigenvalue weighted by molar-refractivity contribution is 5.79. The Bertz CT molecular complexity index is 346. The van der Waals surface area contributed by atoms with Gasteiger partial charge in [0.05, 0.1) is 6.54 Å². The third-order valence-electron chi connectivity index (χ3n) is 2.19. The summed E-state index contributed by atoms with van der Waals surface area (Å²) in [5, 5.41) is 0. The Morgan fingerprint density at radius 2 is 1.88 bits per heavy atom.